The minimum atomic E-state index is 0.419. The Kier molecular flexibility index (Phi) is 8.33. The highest BCUT2D eigenvalue weighted by Crippen LogP contribution is 2.28. The van der Waals surface area contributed by atoms with Gasteiger partial charge in [0.15, 0.2) is 0 Å². The second-order valence-corrected chi connectivity index (χ2v) is 4.12. The number of benzene rings is 1. The zero-order valence-corrected chi connectivity index (χ0v) is 11.8. The molecule has 0 spiro atoms. The number of hydrogen-bond acceptors (Lipinski definition) is 5. The standard InChI is InChI=1S/C13H20ClNO4/c1-16-5-6-17-7-8-18-9-10-19-12-4-2-3-11(14)13(12)15/h2-4H,5-10,15H2,1H3. The summed E-state index contributed by atoms with van der Waals surface area (Å²) in [5, 5.41) is 0.491. The van der Waals surface area contributed by atoms with Gasteiger partial charge in [-0.2, -0.15) is 0 Å². The largest absolute Gasteiger partial charge is 0.489 e. The average molecular weight is 290 g/mol. The van der Waals surface area contributed by atoms with Crippen molar-refractivity contribution in [2.75, 3.05) is 52.5 Å². The van der Waals surface area contributed by atoms with Gasteiger partial charge in [-0.15, -0.1) is 0 Å². The third-order valence-corrected chi connectivity index (χ3v) is 2.63. The Morgan fingerprint density at radius 1 is 1.00 bits per heavy atom. The second-order valence-electron chi connectivity index (χ2n) is 3.72. The molecule has 1 aromatic rings. The second kappa shape index (κ2) is 9.86. The summed E-state index contributed by atoms with van der Waals surface area (Å²) in [6, 6.07) is 5.28. The zero-order chi connectivity index (χ0) is 13.9. The highest BCUT2D eigenvalue weighted by molar-refractivity contribution is 6.33. The van der Waals surface area contributed by atoms with Crippen molar-refractivity contribution in [3.8, 4) is 5.75 Å². The fraction of sp³-hybridized carbons (Fsp3) is 0.538. The van der Waals surface area contributed by atoms with Crippen molar-refractivity contribution in [1.82, 2.24) is 0 Å². The number of rotatable bonds is 10. The van der Waals surface area contributed by atoms with Gasteiger partial charge in [0.05, 0.1) is 43.7 Å². The van der Waals surface area contributed by atoms with E-state index in [9.17, 15) is 0 Å². The predicted molar refractivity (Wildman–Crippen MR) is 74.9 cm³/mol. The molecule has 0 bridgehead atoms. The molecule has 0 radical (unpaired) electrons. The fourth-order valence-corrected chi connectivity index (χ4v) is 1.48. The molecule has 1 rings (SSSR count). The summed E-state index contributed by atoms with van der Waals surface area (Å²) in [5.74, 6) is 0.576. The van der Waals surface area contributed by atoms with Crippen molar-refractivity contribution >= 4 is 17.3 Å². The maximum Gasteiger partial charge on any atom is 0.143 e. The number of para-hydroxylation sites is 1. The Morgan fingerprint density at radius 3 is 2.32 bits per heavy atom. The summed E-state index contributed by atoms with van der Waals surface area (Å²) in [5.41, 5.74) is 6.21. The molecular formula is C13H20ClNO4. The van der Waals surface area contributed by atoms with Gasteiger partial charge in [0.2, 0.25) is 0 Å². The van der Waals surface area contributed by atoms with Gasteiger partial charge in [-0.3, -0.25) is 0 Å². The van der Waals surface area contributed by atoms with Gasteiger partial charge in [0, 0.05) is 7.11 Å². The fourth-order valence-electron chi connectivity index (χ4n) is 1.32. The number of hydrogen-bond donors (Lipinski definition) is 1. The van der Waals surface area contributed by atoms with Crippen LogP contribution in [0.2, 0.25) is 5.02 Å². The molecule has 0 saturated heterocycles. The van der Waals surface area contributed by atoms with Crippen LogP contribution in [0.15, 0.2) is 18.2 Å². The first kappa shape index (κ1) is 16.0. The highest BCUT2D eigenvalue weighted by Gasteiger charge is 2.03. The monoisotopic (exact) mass is 289 g/mol. The van der Waals surface area contributed by atoms with E-state index in [2.05, 4.69) is 0 Å². The van der Waals surface area contributed by atoms with Crippen LogP contribution in [0.25, 0.3) is 0 Å². The normalized spacial score (nSPS) is 10.6. The van der Waals surface area contributed by atoms with E-state index < -0.39 is 0 Å². The molecule has 2 N–H and O–H groups in total. The molecule has 0 amide bonds. The molecule has 0 aromatic heterocycles. The van der Waals surface area contributed by atoms with Gasteiger partial charge in [-0.1, -0.05) is 17.7 Å². The molecule has 0 unspecified atom stereocenters. The molecule has 19 heavy (non-hydrogen) atoms. The molecule has 108 valence electrons. The Balaban J connectivity index is 2.03. The molecular weight excluding hydrogens is 270 g/mol. The molecule has 0 fully saturated rings. The Bertz CT molecular complexity index is 362. The smallest absolute Gasteiger partial charge is 0.143 e. The third-order valence-electron chi connectivity index (χ3n) is 2.30. The van der Waals surface area contributed by atoms with Crippen molar-refractivity contribution in [3.63, 3.8) is 0 Å². The van der Waals surface area contributed by atoms with Gasteiger partial charge in [-0.05, 0) is 12.1 Å². The quantitative estimate of drug-likeness (QED) is 0.527. The molecule has 5 nitrogen and oxygen atoms in total. The number of halogens is 1. The number of nitrogens with two attached hydrogens (primary N) is 1. The molecule has 0 atom stereocenters. The first-order valence-corrected chi connectivity index (χ1v) is 6.44. The van der Waals surface area contributed by atoms with Crippen molar-refractivity contribution < 1.29 is 18.9 Å². The predicted octanol–water partition coefficient (Wildman–Crippen LogP) is 1.98. The topological polar surface area (TPSA) is 62.9 Å². The van der Waals surface area contributed by atoms with Crippen LogP contribution in [0.5, 0.6) is 5.75 Å². The van der Waals surface area contributed by atoms with Crippen LogP contribution < -0.4 is 10.5 Å². The summed E-state index contributed by atoms with van der Waals surface area (Å²) >= 11 is 5.87. The molecule has 1 aromatic carbocycles. The van der Waals surface area contributed by atoms with Crippen molar-refractivity contribution in [3.05, 3.63) is 23.2 Å². The first-order chi connectivity index (χ1) is 9.25. The minimum Gasteiger partial charge on any atom is -0.489 e. The van der Waals surface area contributed by atoms with E-state index in [1.54, 1.807) is 25.3 Å². The van der Waals surface area contributed by atoms with Crippen molar-refractivity contribution in [1.29, 1.82) is 0 Å². The molecule has 0 aliphatic rings. The van der Waals surface area contributed by atoms with Crippen molar-refractivity contribution in [2.24, 2.45) is 0 Å². The van der Waals surface area contributed by atoms with E-state index in [1.807, 2.05) is 0 Å². The van der Waals surface area contributed by atoms with Gasteiger partial charge in [-0.25, -0.2) is 0 Å². The maximum atomic E-state index is 5.87. The SMILES string of the molecule is COCCOCCOCCOc1cccc(Cl)c1N. The Morgan fingerprint density at radius 2 is 1.63 bits per heavy atom. The molecule has 6 heteroatoms. The van der Waals surface area contributed by atoms with Gasteiger partial charge in [0.1, 0.15) is 12.4 Å². The lowest BCUT2D eigenvalue weighted by Gasteiger charge is -2.10. The van der Waals surface area contributed by atoms with Gasteiger partial charge in [0.25, 0.3) is 0 Å². The Labute approximate surface area is 118 Å². The number of ether oxygens (including phenoxy) is 4. The molecule has 0 heterocycles. The van der Waals surface area contributed by atoms with Crippen LogP contribution in [0.1, 0.15) is 0 Å². The summed E-state index contributed by atoms with van der Waals surface area (Å²) in [4.78, 5) is 0. The lowest BCUT2D eigenvalue weighted by Crippen LogP contribution is -2.12. The third kappa shape index (κ3) is 6.63. The van der Waals surface area contributed by atoms with Crippen LogP contribution in [-0.4, -0.2) is 46.8 Å². The molecule has 0 aliphatic carbocycles. The van der Waals surface area contributed by atoms with E-state index in [1.165, 1.54) is 0 Å². The van der Waals surface area contributed by atoms with Gasteiger partial charge >= 0.3 is 0 Å². The molecule has 0 saturated carbocycles. The number of anilines is 1. The van der Waals surface area contributed by atoms with Crippen molar-refractivity contribution in [2.45, 2.75) is 0 Å². The number of nitrogen functional groups attached to an aromatic ring is 1. The molecule has 0 aliphatic heterocycles. The average Bonchev–Trinajstić information content (AvgIpc) is 2.41. The van der Waals surface area contributed by atoms with Gasteiger partial charge < -0.3 is 24.7 Å². The van der Waals surface area contributed by atoms with Crippen LogP contribution in [0.3, 0.4) is 0 Å². The van der Waals surface area contributed by atoms with Crippen LogP contribution in [0.4, 0.5) is 5.69 Å². The maximum absolute atomic E-state index is 5.87. The van der Waals surface area contributed by atoms with E-state index in [4.69, 9.17) is 36.3 Å². The lowest BCUT2D eigenvalue weighted by atomic mass is 10.3. The summed E-state index contributed by atoms with van der Waals surface area (Å²) in [6.45, 7) is 3.13. The van der Waals surface area contributed by atoms with E-state index in [0.29, 0.717) is 56.1 Å². The zero-order valence-electron chi connectivity index (χ0n) is 11.1. The van der Waals surface area contributed by atoms with E-state index >= 15 is 0 Å². The van der Waals surface area contributed by atoms with E-state index in [-0.39, 0.29) is 0 Å². The lowest BCUT2D eigenvalue weighted by molar-refractivity contribution is 0.0180. The Hall–Kier alpha value is -1.01. The van der Waals surface area contributed by atoms with Crippen LogP contribution in [0, 0.1) is 0 Å². The first-order valence-electron chi connectivity index (χ1n) is 6.07. The summed E-state index contributed by atoms with van der Waals surface area (Å²) < 4.78 is 20.9. The highest BCUT2D eigenvalue weighted by atomic mass is 35.5. The van der Waals surface area contributed by atoms with E-state index in [0.717, 1.165) is 0 Å². The summed E-state index contributed by atoms with van der Waals surface area (Å²) in [7, 11) is 1.64. The summed E-state index contributed by atoms with van der Waals surface area (Å²) in [6.07, 6.45) is 0. The number of methoxy groups -OCH3 is 1. The van der Waals surface area contributed by atoms with Crippen LogP contribution in [-0.2, 0) is 14.2 Å². The van der Waals surface area contributed by atoms with Crippen LogP contribution >= 0.6 is 11.6 Å². The minimum absolute atomic E-state index is 0.419.